The summed E-state index contributed by atoms with van der Waals surface area (Å²) in [4.78, 5) is 94.2. The van der Waals surface area contributed by atoms with Gasteiger partial charge in [0.05, 0.1) is 31.5 Å². The topological polar surface area (TPSA) is 155 Å². The summed E-state index contributed by atoms with van der Waals surface area (Å²) in [7, 11) is 0. The zero-order valence-corrected chi connectivity index (χ0v) is 38.9. The average Bonchev–Trinajstić information content (AvgIpc) is 4.17. The van der Waals surface area contributed by atoms with E-state index >= 15 is 0 Å². The predicted molar refractivity (Wildman–Crippen MR) is 253 cm³/mol. The van der Waals surface area contributed by atoms with E-state index in [-0.39, 0.29) is 132 Å². The maximum Gasteiger partial charge on any atom is 0.419 e. The van der Waals surface area contributed by atoms with Gasteiger partial charge in [-0.05, 0) is 98.3 Å². The van der Waals surface area contributed by atoms with E-state index in [0.717, 1.165) is 22.7 Å². The zero-order valence-electron chi connectivity index (χ0n) is 37.3. The van der Waals surface area contributed by atoms with Crippen LogP contribution >= 0.6 is 22.7 Å². The lowest BCUT2D eigenvalue weighted by Crippen LogP contribution is -2.41. The Labute approximate surface area is 404 Å². The number of nitrogens with zero attached hydrogens (tertiary/aromatic N) is 4. The van der Waals surface area contributed by atoms with Crippen LogP contribution < -0.4 is 0 Å². The second-order valence-electron chi connectivity index (χ2n) is 19.8. The van der Waals surface area contributed by atoms with Crippen LogP contribution in [0.5, 0.6) is 0 Å². The van der Waals surface area contributed by atoms with Gasteiger partial charge in [-0.15, -0.1) is 22.7 Å². The lowest BCUT2D eigenvalue weighted by molar-refractivity contribution is -0.124. The van der Waals surface area contributed by atoms with Gasteiger partial charge in [-0.1, -0.05) is 60.7 Å². The SMILES string of the molecule is O=C1C(=Nc2cc3c(s2)c2c(c4sc(N=C5C(=O)C6CC7CC(F)C(F)CC7CC6C5=O)cc4n2C(=O)OCc2ccccc2)n3C(=O)OCc2ccccc2)C(=O)C2CC3CC(F)C(F)CC3CC12. The number of rotatable bonds is 6. The Balaban J connectivity index is 0.968. The number of thiophene rings is 2. The van der Waals surface area contributed by atoms with Crippen molar-refractivity contribution in [2.24, 2.45) is 57.3 Å². The Morgan fingerprint density at radius 2 is 0.814 bits per heavy atom. The normalized spacial score (nSPS) is 30.7. The smallest absolute Gasteiger partial charge is 0.419 e. The third kappa shape index (κ3) is 7.41. The zero-order chi connectivity index (χ0) is 48.3. The van der Waals surface area contributed by atoms with Crippen LogP contribution in [0, 0.1) is 47.3 Å². The van der Waals surface area contributed by atoms with Crippen LogP contribution in [-0.2, 0) is 41.9 Å². The Hall–Kier alpha value is -6.14. The van der Waals surface area contributed by atoms with Crippen LogP contribution in [-0.4, -0.2) is 80.6 Å². The summed E-state index contributed by atoms with van der Waals surface area (Å²) in [6.45, 7) is -0.252. The van der Waals surface area contributed by atoms with Gasteiger partial charge in [0.25, 0.3) is 0 Å². The van der Waals surface area contributed by atoms with E-state index in [2.05, 4.69) is 9.98 Å². The number of alkyl halides is 4. The van der Waals surface area contributed by atoms with E-state index < -0.39 is 83.7 Å². The second-order valence-corrected chi connectivity index (χ2v) is 21.9. The van der Waals surface area contributed by atoms with Gasteiger partial charge in [0, 0.05) is 23.7 Å². The van der Waals surface area contributed by atoms with Crippen LogP contribution in [0.3, 0.4) is 0 Å². The van der Waals surface area contributed by atoms with Gasteiger partial charge in [-0.3, -0.25) is 19.2 Å². The fourth-order valence-electron chi connectivity index (χ4n) is 12.5. The number of hydrogen-bond acceptors (Lipinski definition) is 12. The molecule has 4 aromatic heterocycles. The van der Waals surface area contributed by atoms with Gasteiger partial charge in [0.2, 0.25) is 0 Å². The fraction of sp³-hybridized carbons (Fsp3) is 0.423. The molecule has 6 fully saturated rings. The Kier molecular flexibility index (Phi) is 11.1. The highest BCUT2D eigenvalue weighted by Gasteiger charge is 2.56. The van der Waals surface area contributed by atoms with Gasteiger partial charge in [0.1, 0.15) is 47.9 Å². The molecule has 70 heavy (non-hydrogen) atoms. The van der Waals surface area contributed by atoms with E-state index in [9.17, 15) is 46.3 Å². The molecular weight excluding hydrogens is 949 g/mol. The van der Waals surface area contributed by atoms with Crippen molar-refractivity contribution in [1.82, 2.24) is 9.13 Å². The van der Waals surface area contributed by atoms with Gasteiger partial charge in [0.15, 0.2) is 34.6 Å². The van der Waals surface area contributed by atoms with Gasteiger partial charge in [-0.25, -0.2) is 46.3 Å². The first-order chi connectivity index (χ1) is 33.8. The number of aliphatic imine (C=N–C) groups is 2. The Bertz CT molecular complexity index is 2960. The second kappa shape index (κ2) is 17.3. The highest BCUT2D eigenvalue weighted by atomic mass is 32.1. The highest BCUT2D eigenvalue weighted by Crippen LogP contribution is 2.53. The molecule has 0 aliphatic heterocycles. The van der Waals surface area contributed by atoms with Gasteiger partial charge in [-0.2, -0.15) is 0 Å². The van der Waals surface area contributed by atoms with Gasteiger partial charge >= 0.3 is 12.2 Å². The van der Waals surface area contributed by atoms with E-state index in [0.29, 0.717) is 20.5 Å². The maximum absolute atomic E-state index is 14.6. The molecule has 12 nitrogen and oxygen atoms in total. The van der Waals surface area contributed by atoms with E-state index in [1.165, 1.54) is 21.3 Å². The van der Waals surface area contributed by atoms with Crippen molar-refractivity contribution in [2.75, 3.05) is 0 Å². The van der Waals surface area contributed by atoms with Crippen LogP contribution in [0.4, 0.5) is 37.2 Å². The molecular formula is C52H44F4N4O8S2. The molecule has 6 saturated carbocycles. The molecule has 0 N–H and O–H groups in total. The molecule has 360 valence electrons. The quantitative estimate of drug-likeness (QED) is 0.149. The third-order valence-electron chi connectivity index (χ3n) is 15.9. The summed E-state index contributed by atoms with van der Waals surface area (Å²) in [5.41, 5.74) is 1.78. The van der Waals surface area contributed by atoms with Crippen LogP contribution in [0.1, 0.15) is 62.5 Å². The van der Waals surface area contributed by atoms with E-state index in [1.807, 2.05) is 12.1 Å². The largest absolute Gasteiger partial charge is 0.444 e. The highest BCUT2D eigenvalue weighted by molar-refractivity contribution is 7.25. The van der Waals surface area contributed by atoms with Crippen LogP contribution in [0.15, 0.2) is 82.8 Å². The lowest BCUT2D eigenvalue weighted by Gasteiger charge is -2.42. The molecule has 4 heterocycles. The van der Waals surface area contributed by atoms with Crippen LogP contribution in [0.25, 0.3) is 31.5 Å². The van der Waals surface area contributed by atoms with Gasteiger partial charge < -0.3 is 9.47 Å². The molecule has 0 spiro atoms. The summed E-state index contributed by atoms with van der Waals surface area (Å²) in [5.74, 6) is -5.51. The molecule has 6 aliphatic carbocycles. The number of benzene rings is 2. The third-order valence-corrected chi connectivity index (χ3v) is 18.0. The summed E-state index contributed by atoms with van der Waals surface area (Å²) in [5, 5.41) is 0.364. The van der Waals surface area contributed by atoms with E-state index in [1.54, 1.807) is 48.5 Å². The summed E-state index contributed by atoms with van der Waals surface area (Å²) in [6.07, 6.45) is -7.02. The number of carbonyl (C=O) groups is 6. The molecule has 0 saturated heterocycles. The number of Topliss-reactive ketones (excluding diaryl/α,β-unsaturated/α-hetero) is 4. The molecule has 2 aromatic carbocycles. The number of halogens is 4. The number of hydrogen-bond donors (Lipinski definition) is 0. The molecule has 0 radical (unpaired) electrons. The first-order valence-electron chi connectivity index (χ1n) is 23.8. The molecule has 18 heteroatoms. The molecule has 12 unspecified atom stereocenters. The standard InChI is InChI=1S/C52H44F4N4O8S2/c53-33-15-25-11-29-30(12-26(25)16-34(33)54)46(62)41(45(29)61)57-39-19-37-49(69-39)44-43(59(37)51(65)67-21-23-7-3-1-4-8-23)50-38(60(44)52(66)68-22-24-9-5-2-6-10-24)20-40(70-50)58-42-47(63)31-13-27-17-35(55)36(56)18-28(27)14-32(31)48(42)64/h1-10,19-20,25-36H,11-18,21-22H2. The molecule has 12 atom stereocenters. The first kappa shape index (κ1) is 45.0. The van der Waals surface area contributed by atoms with Crippen molar-refractivity contribution in [3.8, 4) is 0 Å². The molecule has 0 amide bonds. The number of fused-ring (bicyclic) bond motifs is 9. The summed E-state index contributed by atoms with van der Waals surface area (Å²) < 4.78 is 73.0. The minimum Gasteiger partial charge on any atom is -0.444 e. The fourth-order valence-corrected chi connectivity index (χ4v) is 14.6. The summed E-state index contributed by atoms with van der Waals surface area (Å²) >= 11 is 2.06. The Morgan fingerprint density at radius 3 is 1.13 bits per heavy atom. The predicted octanol–water partition coefficient (Wildman–Crippen LogP) is 11.1. The maximum atomic E-state index is 14.6. The minimum atomic E-state index is -1.61. The average molecular weight is 993 g/mol. The minimum absolute atomic E-state index is 0.00287. The number of aromatic nitrogens is 2. The Morgan fingerprint density at radius 1 is 0.500 bits per heavy atom. The van der Waals surface area contributed by atoms with Crippen molar-refractivity contribution >= 4 is 111 Å². The number of carbonyl (C=O) groups excluding carboxylic acids is 6. The monoisotopic (exact) mass is 992 g/mol. The first-order valence-corrected chi connectivity index (χ1v) is 25.4. The van der Waals surface area contributed by atoms with Crippen molar-refractivity contribution in [2.45, 2.75) is 89.3 Å². The van der Waals surface area contributed by atoms with Crippen molar-refractivity contribution in [3.05, 3.63) is 83.9 Å². The van der Waals surface area contributed by atoms with E-state index in [4.69, 9.17) is 9.47 Å². The van der Waals surface area contributed by atoms with Crippen molar-refractivity contribution in [3.63, 3.8) is 0 Å². The molecule has 0 bridgehead atoms. The number of ether oxygens (including phenoxy) is 2. The molecule has 12 rings (SSSR count). The summed E-state index contributed by atoms with van der Waals surface area (Å²) in [6, 6.07) is 21.0. The molecule has 6 aliphatic rings. The van der Waals surface area contributed by atoms with Crippen molar-refractivity contribution in [1.29, 1.82) is 0 Å². The lowest BCUT2D eigenvalue weighted by atomic mass is 9.63. The van der Waals surface area contributed by atoms with Crippen LogP contribution in [0.2, 0.25) is 0 Å². The van der Waals surface area contributed by atoms with Crippen molar-refractivity contribution < 1.29 is 55.8 Å². The number of ketones is 4. The molecule has 6 aromatic rings.